The Labute approximate surface area is 233 Å². The van der Waals surface area contributed by atoms with Gasteiger partial charge in [0.1, 0.15) is 6.10 Å². The van der Waals surface area contributed by atoms with Gasteiger partial charge in [-0.05, 0) is 55.0 Å². The predicted molar refractivity (Wildman–Crippen MR) is 153 cm³/mol. The van der Waals surface area contributed by atoms with Crippen molar-refractivity contribution in [2.45, 2.75) is 38.2 Å². The molecule has 1 N–H and O–H groups in total. The van der Waals surface area contributed by atoms with E-state index in [1.165, 1.54) is 0 Å². The topological polar surface area (TPSA) is 85.5 Å². The molecule has 6 rings (SSSR count). The minimum Gasteiger partial charge on any atom is -0.465 e. The highest BCUT2D eigenvalue weighted by Crippen LogP contribution is 2.49. The summed E-state index contributed by atoms with van der Waals surface area (Å²) in [5.74, 6) is 0.400. The number of carbonyl (C=O) groups excluding carboxylic acids is 1. The van der Waals surface area contributed by atoms with Crippen molar-refractivity contribution in [3.05, 3.63) is 120 Å². The third-order valence-corrected chi connectivity index (χ3v) is 7.70. The number of aromatic nitrogens is 2. The molecule has 6 heteroatoms. The Morgan fingerprint density at radius 3 is 2.17 bits per heavy atom. The quantitative estimate of drug-likeness (QED) is 0.216. The standard InChI is InChI=1S/C34H30N2O4/c1-3-39-33(38)34(17-18-34)29-15-13-25(14-16-29)24-9-11-26(12-10-24)32-30(22(2)36-40-32)31(37)28-19-27(20-35-21-28)23-7-5-4-6-8-23/h4-16,19-21,31,37H,3,17-18H2,1-2H3. The van der Waals surface area contributed by atoms with Crippen LogP contribution in [-0.4, -0.2) is 27.8 Å². The Bertz CT molecular complexity index is 1640. The van der Waals surface area contributed by atoms with Crippen molar-refractivity contribution < 1.29 is 19.2 Å². The fourth-order valence-corrected chi connectivity index (χ4v) is 5.27. The highest BCUT2D eigenvalue weighted by atomic mass is 16.5. The van der Waals surface area contributed by atoms with Gasteiger partial charge in [-0.1, -0.05) is 84.0 Å². The summed E-state index contributed by atoms with van der Waals surface area (Å²) in [6.45, 7) is 4.06. The molecule has 1 atom stereocenters. The minimum atomic E-state index is -0.946. The Hall–Kier alpha value is -4.55. The lowest BCUT2D eigenvalue weighted by atomic mass is 9.93. The molecule has 0 bridgehead atoms. The monoisotopic (exact) mass is 530 g/mol. The number of ether oxygens (including phenoxy) is 1. The van der Waals surface area contributed by atoms with Gasteiger partial charge in [-0.3, -0.25) is 9.78 Å². The second-order valence-corrected chi connectivity index (χ2v) is 10.2. The molecule has 1 fully saturated rings. The molecule has 1 aliphatic carbocycles. The molecule has 1 unspecified atom stereocenters. The highest BCUT2D eigenvalue weighted by molar-refractivity contribution is 5.87. The molecule has 40 heavy (non-hydrogen) atoms. The summed E-state index contributed by atoms with van der Waals surface area (Å²) in [5, 5.41) is 15.6. The van der Waals surface area contributed by atoms with Crippen LogP contribution in [-0.2, 0) is 14.9 Å². The van der Waals surface area contributed by atoms with Crippen LogP contribution in [0.4, 0.5) is 0 Å². The molecule has 0 amide bonds. The summed E-state index contributed by atoms with van der Waals surface area (Å²) in [6.07, 6.45) is 4.18. The molecule has 1 saturated carbocycles. The lowest BCUT2D eigenvalue weighted by molar-refractivity contribution is -0.146. The number of benzene rings is 3. The molecule has 0 saturated heterocycles. The van der Waals surface area contributed by atoms with Crippen molar-refractivity contribution in [3.63, 3.8) is 0 Å². The largest absolute Gasteiger partial charge is 0.465 e. The number of esters is 1. The fraction of sp³-hybridized carbons (Fsp3) is 0.206. The van der Waals surface area contributed by atoms with E-state index in [4.69, 9.17) is 9.26 Å². The van der Waals surface area contributed by atoms with E-state index in [1.54, 1.807) is 12.4 Å². The van der Waals surface area contributed by atoms with Crippen molar-refractivity contribution in [1.29, 1.82) is 0 Å². The van der Waals surface area contributed by atoms with E-state index in [0.717, 1.165) is 46.2 Å². The summed E-state index contributed by atoms with van der Waals surface area (Å²) in [6, 6.07) is 28.0. The molecule has 6 nitrogen and oxygen atoms in total. The van der Waals surface area contributed by atoms with Crippen LogP contribution in [0.25, 0.3) is 33.6 Å². The van der Waals surface area contributed by atoms with Crippen molar-refractivity contribution >= 4 is 5.97 Å². The molecule has 0 aliphatic heterocycles. The Morgan fingerprint density at radius 2 is 1.52 bits per heavy atom. The summed E-state index contributed by atoms with van der Waals surface area (Å²) in [7, 11) is 0. The number of hydrogen-bond acceptors (Lipinski definition) is 6. The van der Waals surface area contributed by atoms with Crippen LogP contribution in [0.15, 0.2) is 102 Å². The first kappa shape index (κ1) is 25.7. The van der Waals surface area contributed by atoms with Gasteiger partial charge in [0.25, 0.3) is 0 Å². The second kappa shape index (κ2) is 10.5. The van der Waals surface area contributed by atoms with E-state index < -0.39 is 11.5 Å². The molecular formula is C34H30N2O4. The van der Waals surface area contributed by atoms with Gasteiger partial charge in [0.2, 0.25) is 0 Å². The van der Waals surface area contributed by atoms with Crippen LogP contribution >= 0.6 is 0 Å². The molecular weight excluding hydrogens is 500 g/mol. The zero-order chi connectivity index (χ0) is 27.7. The van der Waals surface area contributed by atoms with Crippen LogP contribution in [0.5, 0.6) is 0 Å². The maximum absolute atomic E-state index is 12.4. The molecule has 2 heterocycles. The van der Waals surface area contributed by atoms with E-state index in [1.807, 2.05) is 98.8 Å². The third-order valence-electron chi connectivity index (χ3n) is 7.70. The van der Waals surface area contributed by atoms with Gasteiger partial charge < -0.3 is 14.4 Å². The van der Waals surface area contributed by atoms with Gasteiger partial charge in [-0.2, -0.15) is 0 Å². The van der Waals surface area contributed by atoms with Gasteiger partial charge in [0, 0.05) is 29.1 Å². The highest BCUT2D eigenvalue weighted by Gasteiger charge is 2.52. The lowest BCUT2D eigenvalue weighted by Gasteiger charge is -2.15. The molecule has 0 spiro atoms. The number of aliphatic hydroxyl groups is 1. The Kier molecular flexibility index (Phi) is 6.78. The summed E-state index contributed by atoms with van der Waals surface area (Å²) in [5.41, 5.74) is 7.32. The molecule has 5 aromatic rings. The zero-order valence-electron chi connectivity index (χ0n) is 22.5. The maximum Gasteiger partial charge on any atom is 0.316 e. The molecule has 2 aromatic heterocycles. The summed E-state index contributed by atoms with van der Waals surface area (Å²) < 4.78 is 11.0. The predicted octanol–water partition coefficient (Wildman–Crippen LogP) is 7.06. The number of aryl methyl sites for hydroxylation is 1. The van der Waals surface area contributed by atoms with Gasteiger partial charge >= 0.3 is 5.97 Å². The van der Waals surface area contributed by atoms with Crippen molar-refractivity contribution in [3.8, 4) is 33.6 Å². The minimum absolute atomic E-state index is 0.130. The first-order chi connectivity index (χ1) is 19.5. The average molecular weight is 531 g/mol. The number of rotatable bonds is 8. The second-order valence-electron chi connectivity index (χ2n) is 10.2. The average Bonchev–Trinajstić information content (AvgIpc) is 3.74. The van der Waals surface area contributed by atoms with Crippen molar-refractivity contribution in [1.82, 2.24) is 10.1 Å². The molecule has 0 radical (unpaired) electrons. The number of hydrogen-bond donors (Lipinski definition) is 1. The SMILES string of the molecule is CCOC(=O)C1(c2ccc(-c3ccc(-c4onc(C)c4C(O)c4cncc(-c5ccccc5)c4)cc3)cc2)CC1. The van der Waals surface area contributed by atoms with Crippen molar-refractivity contribution in [2.24, 2.45) is 0 Å². The number of carbonyl (C=O) groups is 1. The first-order valence-electron chi connectivity index (χ1n) is 13.5. The van der Waals surface area contributed by atoms with Crippen LogP contribution in [0.1, 0.15) is 48.3 Å². The Balaban J connectivity index is 1.25. The molecule has 1 aliphatic rings. The van der Waals surface area contributed by atoms with Crippen LogP contribution in [0.2, 0.25) is 0 Å². The number of pyridine rings is 1. The van der Waals surface area contributed by atoms with E-state index in [9.17, 15) is 9.90 Å². The van der Waals surface area contributed by atoms with E-state index in [-0.39, 0.29) is 5.97 Å². The van der Waals surface area contributed by atoms with E-state index in [0.29, 0.717) is 29.2 Å². The Morgan fingerprint density at radius 1 is 0.900 bits per heavy atom. The molecule has 200 valence electrons. The van der Waals surface area contributed by atoms with Crippen LogP contribution < -0.4 is 0 Å². The van der Waals surface area contributed by atoms with E-state index in [2.05, 4.69) is 10.1 Å². The number of aliphatic hydroxyl groups excluding tert-OH is 1. The first-order valence-corrected chi connectivity index (χ1v) is 13.5. The summed E-state index contributed by atoms with van der Waals surface area (Å²) >= 11 is 0. The fourth-order valence-electron chi connectivity index (χ4n) is 5.27. The normalized spacial score (nSPS) is 14.5. The van der Waals surface area contributed by atoms with Crippen molar-refractivity contribution in [2.75, 3.05) is 6.61 Å². The zero-order valence-corrected chi connectivity index (χ0v) is 22.5. The van der Waals surface area contributed by atoms with Gasteiger partial charge in [-0.15, -0.1) is 0 Å². The van der Waals surface area contributed by atoms with Gasteiger partial charge in [0.05, 0.1) is 23.3 Å². The number of nitrogens with zero attached hydrogens (tertiary/aromatic N) is 2. The maximum atomic E-state index is 12.4. The lowest BCUT2D eigenvalue weighted by Crippen LogP contribution is -2.23. The van der Waals surface area contributed by atoms with Gasteiger partial charge in [-0.25, -0.2) is 0 Å². The smallest absolute Gasteiger partial charge is 0.316 e. The third kappa shape index (κ3) is 4.71. The van der Waals surface area contributed by atoms with Crippen LogP contribution in [0.3, 0.4) is 0 Å². The summed E-state index contributed by atoms with van der Waals surface area (Å²) in [4.78, 5) is 16.8. The molecule has 3 aromatic carbocycles. The van der Waals surface area contributed by atoms with Crippen LogP contribution in [0, 0.1) is 6.92 Å². The van der Waals surface area contributed by atoms with Gasteiger partial charge in [0.15, 0.2) is 5.76 Å². The van der Waals surface area contributed by atoms with E-state index >= 15 is 0 Å².